The molecule has 0 aliphatic carbocycles. The Labute approximate surface area is 169 Å². The summed E-state index contributed by atoms with van der Waals surface area (Å²) < 4.78 is 32.4. The SMILES string of the molecule is COc1ccc(S(=O)(=O)N2CCCC(C(=O)NC(C)CCCC(C)C)C2)cc1. The van der Waals surface area contributed by atoms with Crippen molar-refractivity contribution in [1.82, 2.24) is 9.62 Å². The number of methoxy groups -OCH3 is 1. The van der Waals surface area contributed by atoms with Crippen LogP contribution in [-0.4, -0.2) is 44.9 Å². The number of carbonyl (C=O) groups excluding carboxylic acids is 1. The molecule has 7 heteroatoms. The number of hydrogen-bond donors (Lipinski definition) is 1. The van der Waals surface area contributed by atoms with Gasteiger partial charge >= 0.3 is 0 Å². The van der Waals surface area contributed by atoms with Crippen LogP contribution in [0.25, 0.3) is 0 Å². The Morgan fingerprint density at radius 1 is 1.21 bits per heavy atom. The molecule has 1 amide bonds. The number of ether oxygens (including phenoxy) is 1. The van der Waals surface area contributed by atoms with Gasteiger partial charge in [-0.2, -0.15) is 4.31 Å². The van der Waals surface area contributed by atoms with Crippen LogP contribution < -0.4 is 10.1 Å². The summed E-state index contributed by atoms with van der Waals surface area (Å²) >= 11 is 0. The summed E-state index contributed by atoms with van der Waals surface area (Å²) in [5.74, 6) is 0.945. The molecule has 158 valence electrons. The molecule has 1 saturated heterocycles. The second kappa shape index (κ2) is 10.3. The molecule has 1 aliphatic heterocycles. The minimum atomic E-state index is -3.61. The number of benzene rings is 1. The van der Waals surface area contributed by atoms with Crippen molar-refractivity contribution in [1.29, 1.82) is 0 Å². The van der Waals surface area contributed by atoms with Crippen molar-refractivity contribution in [2.75, 3.05) is 20.2 Å². The van der Waals surface area contributed by atoms with Gasteiger partial charge in [0.2, 0.25) is 15.9 Å². The number of carbonyl (C=O) groups is 1. The summed E-state index contributed by atoms with van der Waals surface area (Å²) in [5.41, 5.74) is 0. The first kappa shape index (κ1) is 22.7. The van der Waals surface area contributed by atoms with Crippen LogP contribution in [0, 0.1) is 11.8 Å². The second-order valence-corrected chi connectivity index (χ2v) is 10.1. The van der Waals surface area contributed by atoms with E-state index in [2.05, 4.69) is 19.2 Å². The Morgan fingerprint density at radius 3 is 2.50 bits per heavy atom. The zero-order chi connectivity index (χ0) is 20.7. The maximum Gasteiger partial charge on any atom is 0.243 e. The summed E-state index contributed by atoms with van der Waals surface area (Å²) in [6.45, 7) is 7.10. The largest absolute Gasteiger partial charge is 0.497 e. The summed E-state index contributed by atoms with van der Waals surface area (Å²) in [7, 11) is -2.07. The number of amides is 1. The standard InChI is InChI=1S/C21H34N2O4S/c1-16(2)7-5-8-17(3)22-21(24)18-9-6-14-23(15-18)28(25,26)20-12-10-19(27-4)11-13-20/h10-13,16-18H,5-9,14-15H2,1-4H3,(H,22,24). The summed E-state index contributed by atoms with van der Waals surface area (Å²) in [6.07, 6.45) is 4.60. The van der Waals surface area contributed by atoms with Gasteiger partial charge in [0.15, 0.2) is 0 Å². The summed E-state index contributed by atoms with van der Waals surface area (Å²) in [5, 5.41) is 3.07. The maximum absolute atomic E-state index is 12.9. The van der Waals surface area contributed by atoms with Gasteiger partial charge in [0.05, 0.1) is 17.9 Å². The fraction of sp³-hybridized carbons (Fsp3) is 0.667. The third-order valence-electron chi connectivity index (χ3n) is 5.26. The lowest BCUT2D eigenvalue weighted by atomic mass is 9.98. The van der Waals surface area contributed by atoms with Gasteiger partial charge in [0, 0.05) is 19.1 Å². The highest BCUT2D eigenvalue weighted by Gasteiger charge is 2.33. The Morgan fingerprint density at radius 2 is 1.89 bits per heavy atom. The molecule has 1 aliphatic rings. The number of nitrogens with zero attached hydrogens (tertiary/aromatic N) is 1. The van der Waals surface area contributed by atoms with Crippen molar-refractivity contribution >= 4 is 15.9 Å². The van der Waals surface area contributed by atoms with E-state index in [1.807, 2.05) is 6.92 Å². The molecule has 2 unspecified atom stereocenters. The first-order valence-corrected chi connectivity index (χ1v) is 11.6. The highest BCUT2D eigenvalue weighted by atomic mass is 32.2. The summed E-state index contributed by atoms with van der Waals surface area (Å²) in [4.78, 5) is 12.9. The van der Waals surface area contributed by atoms with Gasteiger partial charge in [-0.05, 0) is 56.4 Å². The topological polar surface area (TPSA) is 75.7 Å². The Kier molecular flexibility index (Phi) is 8.31. The van der Waals surface area contributed by atoms with Gasteiger partial charge in [0.1, 0.15) is 5.75 Å². The minimum absolute atomic E-state index is 0.0355. The molecule has 1 aromatic carbocycles. The van der Waals surface area contributed by atoms with Gasteiger partial charge in [0.25, 0.3) is 0 Å². The molecule has 1 heterocycles. The van der Waals surface area contributed by atoms with Crippen molar-refractivity contribution in [2.24, 2.45) is 11.8 Å². The lowest BCUT2D eigenvalue weighted by molar-refractivity contribution is -0.126. The van der Waals surface area contributed by atoms with E-state index in [4.69, 9.17) is 4.74 Å². The molecule has 6 nitrogen and oxygen atoms in total. The monoisotopic (exact) mass is 410 g/mol. The predicted molar refractivity (Wildman–Crippen MR) is 111 cm³/mol. The summed E-state index contributed by atoms with van der Waals surface area (Å²) in [6, 6.07) is 6.49. The maximum atomic E-state index is 12.9. The Bertz CT molecular complexity index is 731. The molecule has 1 N–H and O–H groups in total. The van der Waals surface area contributed by atoms with Crippen LogP contribution in [0.1, 0.15) is 52.9 Å². The van der Waals surface area contributed by atoms with E-state index in [1.54, 1.807) is 31.4 Å². The lowest BCUT2D eigenvalue weighted by Gasteiger charge is -2.32. The molecular formula is C21H34N2O4S. The predicted octanol–water partition coefficient (Wildman–Crippen LogP) is 3.43. The smallest absolute Gasteiger partial charge is 0.243 e. The average molecular weight is 411 g/mol. The van der Waals surface area contributed by atoms with E-state index in [0.717, 1.165) is 25.7 Å². The highest BCUT2D eigenvalue weighted by Crippen LogP contribution is 2.25. The van der Waals surface area contributed by atoms with E-state index in [9.17, 15) is 13.2 Å². The number of sulfonamides is 1. The van der Waals surface area contributed by atoms with Crippen LogP contribution >= 0.6 is 0 Å². The second-order valence-electron chi connectivity index (χ2n) is 8.11. The molecule has 2 rings (SSSR count). The Hall–Kier alpha value is -1.60. The Balaban J connectivity index is 1.95. The fourth-order valence-corrected chi connectivity index (χ4v) is 5.06. The minimum Gasteiger partial charge on any atom is -0.497 e. The van der Waals surface area contributed by atoms with E-state index in [1.165, 1.54) is 4.31 Å². The molecule has 2 atom stereocenters. The zero-order valence-electron chi connectivity index (χ0n) is 17.5. The quantitative estimate of drug-likeness (QED) is 0.677. The lowest BCUT2D eigenvalue weighted by Crippen LogP contribution is -2.47. The van der Waals surface area contributed by atoms with E-state index in [-0.39, 0.29) is 29.3 Å². The van der Waals surface area contributed by atoms with Gasteiger partial charge in [-0.15, -0.1) is 0 Å². The van der Waals surface area contributed by atoms with Crippen LogP contribution in [0.4, 0.5) is 0 Å². The van der Waals surface area contributed by atoms with Crippen LogP contribution in [0.15, 0.2) is 29.2 Å². The van der Waals surface area contributed by atoms with E-state index < -0.39 is 10.0 Å². The number of hydrogen-bond acceptors (Lipinski definition) is 4. The van der Waals surface area contributed by atoms with Crippen LogP contribution in [-0.2, 0) is 14.8 Å². The number of rotatable bonds is 9. The number of piperidine rings is 1. The van der Waals surface area contributed by atoms with Crippen molar-refractivity contribution in [3.8, 4) is 5.75 Å². The van der Waals surface area contributed by atoms with Crippen molar-refractivity contribution in [3.63, 3.8) is 0 Å². The normalized spacial score (nSPS) is 19.4. The van der Waals surface area contributed by atoms with Gasteiger partial charge in [-0.25, -0.2) is 8.42 Å². The fourth-order valence-electron chi connectivity index (χ4n) is 3.54. The molecule has 0 radical (unpaired) electrons. The third kappa shape index (κ3) is 6.21. The van der Waals surface area contributed by atoms with Crippen LogP contribution in [0.5, 0.6) is 5.75 Å². The molecule has 28 heavy (non-hydrogen) atoms. The first-order chi connectivity index (χ1) is 13.2. The molecule has 0 spiro atoms. The van der Waals surface area contributed by atoms with E-state index in [0.29, 0.717) is 24.6 Å². The average Bonchev–Trinajstić information content (AvgIpc) is 2.67. The number of nitrogens with one attached hydrogen (secondary N) is 1. The van der Waals surface area contributed by atoms with E-state index >= 15 is 0 Å². The van der Waals surface area contributed by atoms with Crippen molar-refractivity contribution < 1.29 is 17.9 Å². The van der Waals surface area contributed by atoms with Crippen LogP contribution in [0.3, 0.4) is 0 Å². The molecule has 0 saturated carbocycles. The van der Waals surface area contributed by atoms with Gasteiger partial charge in [-0.3, -0.25) is 4.79 Å². The van der Waals surface area contributed by atoms with Gasteiger partial charge < -0.3 is 10.1 Å². The zero-order valence-corrected chi connectivity index (χ0v) is 18.3. The molecule has 1 fully saturated rings. The third-order valence-corrected chi connectivity index (χ3v) is 7.14. The first-order valence-electron chi connectivity index (χ1n) is 10.2. The molecule has 0 bridgehead atoms. The van der Waals surface area contributed by atoms with Crippen molar-refractivity contribution in [3.05, 3.63) is 24.3 Å². The van der Waals surface area contributed by atoms with Crippen molar-refractivity contribution in [2.45, 2.75) is 63.8 Å². The molecular weight excluding hydrogens is 376 g/mol. The molecule has 1 aromatic rings. The highest BCUT2D eigenvalue weighted by molar-refractivity contribution is 7.89. The molecule has 0 aromatic heterocycles. The van der Waals surface area contributed by atoms with Gasteiger partial charge in [-0.1, -0.05) is 26.7 Å². The van der Waals surface area contributed by atoms with Crippen LogP contribution in [0.2, 0.25) is 0 Å².